The van der Waals surface area contributed by atoms with Gasteiger partial charge < -0.3 is 10.2 Å². The molecule has 21 heavy (non-hydrogen) atoms. The number of rotatable bonds is 1. The fourth-order valence-corrected chi connectivity index (χ4v) is 1.98. The third kappa shape index (κ3) is 2.43. The van der Waals surface area contributed by atoms with Crippen LogP contribution in [-0.2, 0) is 9.59 Å². The summed E-state index contributed by atoms with van der Waals surface area (Å²) in [7, 11) is 0. The summed E-state index contributed by atoms with van der Waals surface area (Å²) in [6.45, 7) is 0.748. The zero-order valence-corrected chi connectivity index (χ0v) is 10.6. The smallest absolute Gasteiger partial charge is 0.249 e. The Morgan fingerprint density at radius 1 is 0.952 bits per heavy atom. The average molecular weight is 308 g/mol. The van der Waals surface area contributed by atoms with Crippen molar-refractivity contribution in [1.82, 2.24) is 5.32 Å². The highest BCUT2D eigenvalue weighted by Crippen LogP contribution is 2.31. The van der Waals surface area contributed by atoms with Crippen LogP contribution in [0.15, 0.2) is 0 Å². The van der Waals surface area contributed by atoms with Gasteiger partial charge in [-0.25, -0.2) is 22.0 Å². The van der Waals surface area contributed by atoms with Crippen LogP contribution in [-0.4, -0.2) is 24.4 Å². The average Bonchev–Trinajstić information content (AvgIpc) is 2.56. The van der Waals surface area contributed by atoms with Gasteiger partial charge in [0.25, 0.3) is 0 Å². The molecule has 2 amide bonds. The molecule has 114 valence electrons. The SMILES string of the molecule is CC1NC(=O)CCN(c2c(F)c(F)c(F)c(F)c2F)C1=O. The lowest BCUT2D eigenvalue weighted by Crippen LogP contribution is -2.43. The largest absolute Gasteiger partial charge is 0.345 e. The second kappa shape index (κ2) is 5.30. The minimum atomic E-state index is -2.31. The van der Waals surface area contributed by atoms with Crippen LogP contribution in [0.1, 0.15) is 13.3 Å². The maximum atomic E-state index is 13.7. The molecule has 1 atom stereocenters. The predicted molar refractivity (Wildman–Crippen MR) is 60.8 cm³/mol. The summed E-state index contributed by atoms with van der Waals surface area (Å²) in [6.07, 6.45) is -0.324. The first-order valence-electron chi connectivity index (χ1n) is 5.87. The molecule has 0 saturated carbocycles. The predicted octanol–water partition coefficient (Wildman–Crippen LogP) is 1.62. The lowest BCUT2D eigenvalue weighted by molar-refractivity contribution is -0.125. The molecule has 1 aromatic rings. The topological polar surface area (TPSA) is 49.4 Å². The first-order valence-corrected chi connectivity index (χ1v) is 5.87. The van der Waals surface area contributed by atoms with E-state index in [-0.39, 0.29) is 6.42 Å². The summed E-state index contributed by atoms with van der Waals surface area (Å²) in [6, 6.07) is -1.14. The zero-order valence-electron chi connectivity index (χ0n) is 10.6. The Bertz CT molecular complexity index is 606. The van der Waals surface area contributed by atoms with Crippen LogP contribution in [0.25, 0.3) is 0 Å². The van der Waals surface area contributed by atoms with Gasteiger partial charge in [0.15, 0.2) is 23.3 Å². The summed E-state index contributed by atoms with van der Waals surface area (Å²) >= 11 is 0. The van der Waals surface area contributed by atoms with Crippen molar-refractivity contribution in [1.29, 1.82) is 0 Å². The molecule has 1 fully saturated rings. The number of nitrogens with zero attached hydrogens (tertiary/aromatic N) is 1. The molecule has 0 bridgehead atoms. The molecule has 1 N–H and O–H groups in total. The van der Waals surface area contributed by atoms with Gasteiger partial charge in [0.05, 0.1) is 0 Å². The van der Waals surface area contributed by atoms with Crippen molar-refractivity contribution in [3.05, 3.63) is 29.1 Å². The number of hydrogen-bond acceptors (Lipinski definition) is 2. The van der Waals surface area contributed by atoms with Gasteiger partial charge in [0, 0.05) is 13.0 Å². The van der Waals surface area contributed by atoms with E-state index in [1.807, 2.05) is 0 Å². The molecule has 1 heterocycles. The van der Waals surface area contributed by atoms with Crippen LogP contribution >= 0.6 is 0 Å². The number of carbonyl (C=O) groups is 2. The highest BCUT2D eigenvalue weighted by atomic mass is 19.2. The van der Waals surface area contributed by atoms with E-state index in [2.05, 4.69) is 5.32 Å². The number of nitrogens with one attached hydrogen (secondary N) is 1. The van der Waals surface area contributed by atoms with Crippen LogP contribution in [0, 0.1) is 29.1 Å². The molecule has 0 aliphatic carbocycles. The lowest BCUT2D eigenvalue weighted by Gasteiger charge is -2.23. The number of halogens is 5. The van der Waals surface area contributed by atoms with Crippen LogP contribution in [0.3, 0.4) is 0 Å². The molecule has 0 aromatic heterocycles. The van der Waals surface area contributed by atoms with Crippen molar-refractivity contribution in [3.8, 4) is 0 Å². The van der Waals surface area contributed by atoms with Gasteiger partial charge in [0.1, 0.15) is 11.7 Å². The fraction of sp³-hybridized carbons (Fsp3) is 0.333. The summed E-state index contributed by atoms with van der Waals surface area (Å²) < 4.78 is 66.7. The van der Waals surface area contributed by atoms with E-state index in [0.717, 1.165) is 0 Å². The van der Waals surface area contributed by atoms with Gasteiger partial charge in [0.2, 0.25) is 17.6 Å². The third-order valence-corrected chi connectivity index (χ3v) is 3.03. The highest BCUT2D eigenvalue weighted by molar-refractivity contribution is 6.01. The van der Waals surface area contributed by atoms with E-state index < -0.39 is 59.2 Å². The zero-order chi connectivity index (χ0) is 15.9. The summed E-state index contributed by atoms with van der Waals surface area (Å²) in [5.41, 5.74) is -1.35. The number of amides is 2. The first-order chi connectivity index (χ1) is 9.75. The Morgan fingerprint density at radius 2 is 1.43 bits per heavy atom. The minimum absolute atomic E-state index is 0.324. The highest BCUT2D eigenvalue weighted by Gasteiger charge is 2.35. The summed E-state index contributed by atoms with van der Waals surface area (Å²) in [5, 5.41) is 2.23. The maximum Gasteiger partial charge on any atom is 0.249 e. The van der Waals surface area contributed by atoms with E-state index in [1.54, 1.807) is 0 Å². The Kier molecular flexibility index (Phi) is 3.84. The van der Waals surface area contributed by atoms with Crippen LogP contribution in [0.5, 0.6) is 0 Å². The van der Waals surface area contributed by atoms with E-state index in [0.29, 0.717) is 4.90 Å². The molecule has 2 rings (SSSR count). The van der Waals surface area contributed by atoms with Gasteiger partial charge in [-0.3, -0.25) is 9.59 Å². The molecule has 1 aromatic carbocycles. The lowest BCUT2D eigenvalue weighted by atomic mass is 10.2. The van der Waals surface area contributed by atoms with Crippen molar-refractivity contribution in [3.63, 3.8) is 0 Å². The molecule has 1 saturated heterocycles. The van der Waals surface area contributed by atoms with Crippen LogP contribution < -0.4 is 10.2 Å². The molecule has 0 spiro atoms. The van der Waals surface area contributed by atoms with Crippen molar-refractivity contribution in [2.45, 2.75) is 19.4 Å². The normalized spacial score (nSPS) is 19.5. The van der Waals surface area contributed by atoms with Gasteiger partial charge >= 0.3 is 0 Å². The van der Waals surface area contributed by atoms with Gasteiger partial charge in [-0.15, -0.1) is 0 Å². The molecule has 1 unspecified atom stereocenters. The Balaban J connectivity index is 2.60. The van der Waals surface area contributed by atoms with E-state index in [1.165, 1.54) is 6.92 Å². The number of hydrogen-bond donors (Lipinski definition) is 1. The maximum absolute atomic E-state index is 13.7. The van der Waals surface area contributed by atoms with Crippen molar-refractivity contribution in [2.24, 2.45) is 0 Å². The van der Waals surface area contributed by atoms with Crippen molar-refractivity contribution in [2.75, 3.05) is 11.4 Å². The second-order valence-corrected chi connectivity index (χ2v) is 4.45. The molecular weight excluding hydrogens is 299 g/mol. The van der Waals surface area contributed by atoms with Gasteiger partial charge in [-0.2, -0.15) is 0 Å². The van der Waals surface area contributed by atoms with E-state index in [4.69, 9.17) is 0 Å². The molecule has 9 heteroatoms. The molecule has 1 aliphatic heterocycles. The van der Waals surface area contributed by atoms with E-state index >= 15 is 0 Å². The Morgan fingerprint density at radius 3 is 1.95 bits per heavy atom. The quantitative estimate of drug-likeness (QED) is 0.487. The van der Waals surface area contributed by atoms with E-state index in [9.17, 15) is 31.5 Å². The van der Waals surface area contributed by atoms with Crippen molar-refractivity contribution >= 4 is 17.5 Å². The minimum Gasteiger partial charge on any atom is -0.345 e. The third-order valence-electron chi connectivity index (χ3n) is 3.03. The van der Waals surface area contributed by atoms with Crippen molar-refractivity contribution < 1.29 is 31.5 Å². The number of benzene rings is 1. The molecule has 4 nitrogen and oxygen atoms in total. The second-order valence-electron chi connectivity index (χ2n) is 4.45. The number of carbonyl (C=O) groups excluding carboxylic acids is 2. The Hall–Kier alpha value is -2.19. The molecule has 0 radical (unpaired) electrons. The summed E-state index contributed by atoms with van der Waals surface area (Å²) in [4.78, 5) is 23.6. The summed E-state index contributed by atoms with van der Waals surface area (Å²) in [5.74, 6) is -12.4. The monoisotopic (exact) mass is 308 g/mol. The molecular formula is C12H9F5N2O2. The van der Waals surface area contributed by atoms with Gasteiger partial charge in [-0.1, -0.05) is 0 Å². The fourth-order valence-electron chi connectivity index (χ4n) is 1.98. The van der Waals surface area contributed by atoms with Gasteiger partial charge in [-0.05, 0) is 6.92 Å². The molecule has 1 aliphatic rings. The van der Waals surface area contributed by atoms with Crippen LogP contribution in [0.4, 0.5) is 27.6 Å². The first kappa shape index (κ1) is 15.2. The number of anilines is 1. The standard InChI is InChI=1S/C12H9F5N2O2/c1-4-12(21)19(3-2-5(20)18-4)11-9(16)7(14)6(13)8(15)10(11)17/h4H,2-3H2,1H3,(H,18,20). The Labute approximate surface area is 115 Å². The van der Waals surface area contributed by atoms with Crippen LogP contribution in [0.2, 0.25) is 0 Å².